The number of carbonyl (C=O) groups excluding carboxylic acids is 2. The third kappa shape index (κ3) is 6.28. The number of esters is 1. The van der Waals surface area contributed by atoms with Gasteiger partial charge >= 0.3 is 5.97 Å². The first kappa shape index (κ1) is 20.8. The molecule has 0 saturated heterocycles. The zero-order chi connectivity index (χ0) is 19.6. The van der Waals surface area contributed by atoms with Crippen LogP contribution in [0.25, 0.3) is 0 Å². The molecule has 146 valence electrons. The van der Waals surface area contributed by atoms with Crippen molar-refractivity contribution in [3.63, 3.8) is 0 Å². The quantitative estimate of drug-likeness (QED) is 0.488. The van der Waals surface area contributed by atoms with Gasteiger partial charge in [-0.2, -0.15) is 0 Å². The van der Waals surface area contributed by atoms with Crippen molar-refractivity contribution in [2.45, 2.75) is 39.1 Å². The Bertz CT molecular complexity index is 778. The molecular weight excluding hydrogens is 368 g/mol. The average Bonchev–Trinajstić information content (AvgIpc) is 3.06. The fourth-order valence-corrected chi connectivity index (χ4v) is 3.13. The molecule has 0 bridgehead atoms. The summed E-state index contributed by atoms with van der Waals surface area (Å²) in [7, 11) is 0. The van der Waals surface area contributed by atoms with Crippen LogP contribution in [-0.4, -0.2) is 45.5 Å². The van der Waals surface area contributed by atoms with Gasteiger partial charge in [0.25, 0.3) is 0 Å². The van der Waals surface area contributed by atoms with Crippen molar-refractivity contribution in [2.75, 3.05) is 18.9 Å². The highest BCUT2D eigenvalue weighted by Crippen LogP contribution is 2.20. The predicted molar refractivity (Wildman–Crippen MR) is 102 cm³/mol. The Kier molecular flexibility index (Phi) is 8.12. The molecule has 0 aliphatic carbocycles. The summed E-state index contributed by atoms with van der Waals surface area (Å²) in [6, 6.07) is 7.77. The maximum atomic E-state index is 11.9. The van der Waals surface area contributed by atoms with Crippen LogP contribution < -0.4 is 10.1 Å². The van der Waals surface area contributed by atoms with E-state index in [4.69, 9.17) is 9.47 Å². The molecule has 0 aliphatic rings. The summed E-state index contributed by atoms with van der Waals surface area (Å²) < 4.78 is 12.5. The third-order valence-corrected chi connectivity index (χ3v) is 4.59. The van der Waals surface area contributed by atoms with Gasteiger partial charge in [-0.3, -0.25) is 9.59 Å². The fraction of sp³-hybridized carbons (Fsp3) is 0.444. The summed E-state index contributed by atoms with van der Waals surface area (Å²) in [6.45, 7) is 6.78. The summed E-state index contributed by atoms with van der Waals surface area (Å²) in [5.41, 5.74) is 1.05. The van der Waals surface area contributed by atoms with Gasteiger partial charge in [-0.25, -0.2) is 0 Å². The largest absolute Gasteiger partial charge is 0.485 e. The number of benzene rings is 1. The van der Waals surface area contributed by atoms with E-state index < -0.39 is 5.97 Å². The minimum Gasteiger partial charge on any atom is -0.485 e. The van der Waals surface area contributed by atoms with E-state index in [9.17, 15) is 9.59 Å². The molecule has 0 radical (unpaired) electrons. The smallest absolute Gasteiger partial charge is 0.325 e. The molecule has 0 saturated carbocycles. The lowest BCUT2D eigenvalue weighted by Gasteiger charge is -2.10. The summed E-state index contributed by atoms with van der Waals surface area (Å²) in [4.78, 5) is 23.1. The van der Waals surface area contributed by atoms with Gasteiger partial charge in [0.05, 0.1) is 12.4 Å². The average molecular weight is 392 g/mol. The Morgan fingerprint density at radius 2 is 2.00 bits per heavy atom. The maximum absolute atomic E-state index is 11.9. The van der Waals surface area contributed by atoms with Crippen LogP contribution >= 0.6 is 11.8 Å². The number of aryl methyl sites for hydroxylation is 1. The number of para-hydroxylation sites is 1. The third-order valence-electron chi connectivity index (χ3n) is 3.63. The number of hydrogen-bond acceptors (Lipinski definition) is 7. The van der Waals surface area contributed by atoms with Crippen LogP contribution in [0.3, 0.4) is 0 Å². The van der Waals surface area contributed by atoms with E-state index in [1.807, 2.05) is 42.7 Å². The second kappa shape index (κ2) is 10.6. The van der Waals surface area contributed by atoms with E-state index >= 15 is 0 Å². The lowest BCUT2D eigenvalue weighted by molar-refractivity contribution is -0.143. The molecule has 0 atom stereocenters. The van der Waals surface area contributed by atoms with Gasteiger partial charge in [0.15, 0.2) is 11.0 Å². The summed E-state index contributed by atoms with van der Waals surface area (Å²) >= 11 is 1.26. The highest BCUT2D eigenvalue weighted by atomic mass is 32.2. The molecule has 2 rings (SSSR count). The molecule has 27 heavy (non-hydrogen) atoms. The number of amides is 1. The summed E-state index contributed by atoms with van der Waals surface area (Å²) in [5, 5.41) is 11.5. The fourth-order valence-electron chi connectivity index (χ4n) is 2.27. The Labute approximate surface area is 162 Å². The monoisotopic (exact) mass is 392 g/mol. The predicted octanol–water partition coefficient (Wildman–Crippen LogP) is 1.96. The standard InChI is InChI=1S/C18H24N4O4S/c1-4-22-15(11-26-14-9-7-6-8-13(14)3)20-21-18(22)27-12-16(23)19-10-17(24)25-5-2/h6-9H,4-5,10-12H2,1-3H3,(H,19,23). The van der Waals surface area contributed by atoms with Crippen molar-refractivity contribution in [1.82, 2.24) is 20.1 Å². The highest BCUT2D eigenvalue weighted by Gasteiger charge is 2.14. The van der Waals surface area contributed by atoms with Crippen molar-refractivity contribution >= 4 is 23.6 Å². The molecule has 1 amide bonds. The van der Waals surface area contributed by atoms with Gasteiger partial charge in [-0.15, -0.1) is 10.2 Å². The highest BCUT2D eigenvalue weighted by molar-refractivity contribution is 7.99. The lowest BCUT2D eigenvalue weighted by Crippen LogP contribution is -2.31. The summed E-state index contributed by atoms with van der Waals surface area (Å²) in [5.74, 6) is 0.904. The molecule has 1 N–H and O–H groups in total. The zero-order valence-electron chi connectivity index (χ0n) is 15.7. The second-order valence-corrected chi connectivity index (χ2v) is 6.51. The number of thioether (sulfide) groups is 1. The number of aromatic nitrogens is 3. The van der Waals surface area contributed by atoms with Crippen LogP contribution in [0.1, 0.15) is 25.2 Å². The molecule has 8 nitrogen and oxygen atoms in total. The van der Waals surface area contributed by atoms with E-state index in [-0.39, 0.29) is 24.8 Å². The first-order valence-corrected chi connectivity index (χ1v) is 9.69. The van der Waals surface area contributed by atoms with Gasteiger partial charge in [0.2, 0.25) is 5.91 Å². The maximum Gasteiger partial charge on any atom is 0.325 e. The SMILES string of the molecule is CCOC(=O)CNC(=O)CSc1nnc(COc2ccccc2C)n1CC. The normalized spacial score (nSPS) is 10.5. The number of carbonyl (C=O) groups is 2. The number of ether oxygens (including phenoxy) is 2. The number of nitrogens with zero attached hydrogens (tertiary/aromatic N) is 3. The van der Waals surface area contributed by atoms with Gasteiger partial charge in [0.1, 0.15) is 18.9 Å². The van der Waals surface area contributed by atoms with Crippen LogP contribution in [0.15, 0.2) is 29.4 Å². The number of rotatable bonds is 10. The Hall–Kier alpha value is -2.55. The van der Waals surface area contributed by atoms with Crippen LogP contribution in [0.5, 0.6) is 5.75 Å². The van der Waals surface area contributed by atoms with Gasteiger partial charge in [0, 0.05) is 6.54 Å². The van der Waals surface area contributed by atoms with Crippen molar-refractivity contribution in [3.05, 3.63) is 35.7 Å². The summed E-state index contributed by atoms with van der Waals surface area (Å²) in [6.07, 6.45) is 0. The molecule has 0 fully saturated rings. The van der Waals surface area contributed by atoms with Crippen molar-refractivity contribution < 1.29 is 19.1 Å². The van der Waals surface area contributed by atoms with Crippen LogP contribution in [0.4, 0.5) is 0 Å². The number of hydrogen-bond donors (Lipinski definition) is 1. The van der Waals surface area contributed by atoms with Gasteiger partial charge in [-0.1, -0.05) is 30.0 Å². The van der Waals surface area contributed by atoms with E-state index in [2.05, 4.69) is 15.5 Å². The van der Waals surface area contributed by atoms with Crippen LogP contribution in [0.2, 0.25) is 0 Å². The lowest BCUT2D eigenvalue weighted by atomic mass is 10.2. The minimum atomic E-state index is -0.455. The molecule has 9 heteroatoms. The topological polar surface area (TPSA) is 95.3 Å². The molecule has 1 aromatic carbocycles. The first-order chi connectivity index (χ1) is 13.0. The Balaban J connectivity index is 1.88. The molecular formula is C18H24N4O4S. The van der Waals surface area contributed by atoms with Crippen molar-refractivity contribution in [2.24, 2.45) is 0 Å². The zero-order valence-corrected chi connectivity index (χ0v) is 16.5. The molecule has 2 aromatic rings. The van der Waals surface area contributed by atoms with E-state index in [0.717, 1.165) is 11.3 Å². The molecule has 0 spiro atoms. The molecule has 0 aliphatic heterocycles. The van der Waals surface area contributed by atoms with Crippen molar-refractivity contribution in [3.8, 4) is 5.75 Å². The van der Waals surface area contributed by atoms with E-state index in [1.165, 1.54) is 11.8 Å². The Morgan fingerprint density at radius 1 is 1.22 bits per heavy atom. The molecule has 1 aromatic heterocycles. The minimum absolute atomic E-state index is 0.135. The first-order valence-electron chi connectivity index (χ1n) is 8.70. The molecule has 0 unspecified atom stereocenters. The molecule has 1 heterocycles. The Morgan fingerprint density at radius 3 is 2.70 bits per heavy atom. The second-order valence-electron chi connectivity index (χ2n) is 5.57. The van der Waals surface area contributed by atoms with E-state index in [0.29, 0.717) is 24.1 Å². The van der Waals surface area contributed by atoms with Gasteiger partial charge in [-0.05, 0) is 32.4 Å². The number of nitrogens with one attached hydrogen (secondary N) is 1. The van der Waals surface area contributed by atoms with Gasteiger partial charge < -0.3 is 19.4 Å². The van der Waals surface area contributed by atoms with Crippen LogP contribution in [0, 0.1) is 6.92 Å². The van der Waals surface area contributed by atoms with E-state index in [1.54, 1.807) is 6.92 Å². The van der Waals surface area contributed by atoms with Crippen molar-refractivity contribution in [1.29, 1.82) is 0 Å². The van der Waals surface area contributed by atoms with Crippen LogP contribution in [-0.2, 0) is 27.5 Å².